The van der Waals surface area contributed by atoms with E-state index in [1.807, 2.05) is 48.5 Å². The monoisotopic (exact) mass is 1410 g/mol. The van der Waals surface area contributed by atoms with E-state index in [1.54, 1.807) is 0 Å². The molecule has 0 radical (unpaired) electrons. The Morgan fingerprint density at radius 1 is 0.227 bits per heavy atom. The third-order valence-corrected chi connectivity index (χ3v) is 23.5. The standard InChI is InChI=1S/C104H74N4O2/c1-103(2)95-21-13-11-19-87(95)89-53-51-85(63-97(89)103)105(81-43-31-71(32-44-81)69-27-23-67(65-109)24-28-69)83-47-35-73(36-48-83)75-39-55-99-91(59-75)93-61-77(41-57-101(93)107(99)79-15-7-5-8-16-79)78-42-58-102-94(62-78)92-60-76(40-56-100(92)108(102)80-17-9-6-10-18-80)74-37-49-84(50-38-74)106(82-45-33-72(34-46-82)70-29-25-68(66-110)26-30-70)86-52-54-90-88-20-12-14-22-96(88)104(3,4)98(90)64-86/h5-66H,1-4H3. The molecule has 2 heterocycles. The fraction of sp³-hybridized carbons (Fsp3) is 0.0577. The van der Waals surface area contributed by atoms with Crippen LogP contribution in [0, 0.1) is 0 Å². The molecule has 6 heteroatoms. The summed E-state index contributed by atoms with van der Waals surface area (Å²) >= 11 is 0. The lowest BCUT2D eigenvalue weighted by atomic mass is 9.82. The molecule has 522 valence electrons. The van der Waals surface area contributed by atoms with Gasteiger partial charge in [0.15, 0.2) is 0 Å². The molecule has 2 aliphatic rings. The third-order valence-electron chi connectivity index (χ3n) is 23.5. The Balaban J connectivity index is 0.666. The summed E-state index contributed by atoms with van der Waals surface area (Å²) in [6.07, 6.45) is 1.78. The molecule has 0 fully saturated rings. The first kappa shape index (κ1) is 65.6. The number of carbonyl (C=O) groups excluding carboxylic acids is 2. The highest BCUT2D eigenvalue weighted by atomic mass is 16.1. The number of aromatic nitrogens is 2. The molecule has 0 saturated heterocycles. The van der Waals surface area contributed by atoms with Crippen molar-refractivity contribution in [1.29, 1.82) is 0 Å². The van der Waals surface area contributed by atoms with Gasteiger partial charge in [-0.2, -0.15) is 0 Å². The number of hydrogen-bond acceptors (Lipinski definition) is 4. The number of rotatable bonds is 15. The van der Waals surface area contributed by atoms with Gasteiger partial charge in [-0.3, -0.25) is 9.59 Å². The van der Waals surface area contributed by atoms with E-state index in [2.05, 4.69) is 362 Å². The summed E-state index contributed by atoms with van der Waals surface area (Å²) in [5.41, 5.74) is 35.7. The molecule has 0 aliphatic heterocycles. The number of anilines is 6. The van der Waals surface area contributed by atoms with Crippen molar-refractivity contribution in [2.75, 3.05) is 9.80 Å². The minimum Gasteiger partial charge on any atom is -0.310 e. The van der Waals surface area contributed by atoms with Crippen LogP contribution < -0.4 is 9.80 Å². The summed E-state index contributed by atoms with van der Waals surface area (Å²) in [5, 5.41) is 4.71. The molecule has 0 unspecified atom stereocenters. The van der Waals surface area contributed by atoms with Crippen LogP contribution in [0.5, 0.6) is 0 Å². The van der Waals surface area contributed by atoms with Gasteiger partial charge in [-0.1, -0.05) is 246 Å². The number of fused-ring (bicyclic) bond motifs is 12. The molecule has 0 amide bonds. The largest absolute Gasteiger partial charge is 0.310 e. The van der Waals surface area contributed by atoms with Crippen LogP contribution in [0.3, 0.4) is 0 Å². The van der Waals surface area contributed by atoms with E-state index < -0.39 is 0 Å². The van der Waals surface area contributed by atoms with Crippen molar-refractivity contribution in [2.24, 2.45) is 0 Å². The zero-order chi connectivity index (χ0) is 73.9. The Kier molecular flexibility index (Phi) is 15.5. The summed E-state index contributed by atoms with van der Waals surface area (Å²) in [6.45, 7) is 9.37. The number of hydrogen-bond donors (Lipinski definition) is 0. The number of nitrogens with zero attached hydrogens (tertiary/aromatic N) is 4. The molecule has 20 rings (SSSR count). The molecule has 0 atom stereocenters. The van der Waals surface area contributed by atoms with Crippen molar-refractivity contribution in [2.45, 2.75) is 38.5 Å². The smallest absolute Gasteiger partial charge is 0.150 e. The second-order valence-corrected chi connectivity index (χ2v) is 30.4. The summed E-state index contributed by atoms with van der Waals surface area (Å²) in [5.74, 6) is 0. The van der Waals surface area contributed by atoms with Gasteiger partial charge < -0.3 is 18.9 Å². The van der Waals surface area contributed by atoms with Gasteiger partial charge in [-0.25, -0.2) is 0 Å². The first-order valence-electron chi connectivity index (χ1n) is 37.8. The molecule has 2 aliphatic carbocycles. The second-order valence-electron chi connectivity index (χ2n) is 30.4. The van der Waals surface area contributed by atoms with Crippen molar-refractivity contribution in [3.63, 3.8) is 0 Å². The van der Waals surface area contributed by atoms with Gasteiger partial charge in [0.25, 0.3) is 0 Å². The first-order valence-corrected chi connectivity index (χ1v) is 37.8. The van der Waals surface area contributed by atoms with Crippen LogP contribution in [0.1, 0.15) is 70.7 Å². The van der Waals surface area contributed by atoms with Gasteiger partial charge in [-0.15, -0.1) is 0 Å². The highest BCUT2D eigenvalue weighted by Gasteiger charge is 2.38. The van der Waals surface area contributed by atoms with Gasteiger partial charge in [0.2, 0.25) is 0 Å². The average Bonchev–Trinajstić information content (AvgIpc) is 1.79. The summed E-state index contributed by atoms with van der Waals surface area (Å²) < 4.78 is 4.82. The Morgan fingerprint density at radius 3 is 0.782 bits per heavy atom. The zero-order valence-corrected chi connectivity index (χ0v) is 61.4. The molecule has 6 nitrogen and oxygen atoms in total. The summed E-state index contributed by atoms with van der Waals surface area (Å²) in [6, 6.07) is 132. The van der Waals surface area contributed by atoms with Crippen LogP contribution in [0.25, 0.3) is 133 Å². The number of carbonyl (C=O) groups is 2. The van der Waals surface area contributed by atoms with Crippen molar-refractivity contribution in [3.8, 4) is 89.3 Å². The highest BCUT2D eigenvalue weighted by molar-refractivity contribution is 6.14. The van der Waals surface area contributed by atoms with E-state index in [4.69, 9.17) is 0 Å². The van der Waals surface area contributed by atoms with Crippen molar-refractivity contribution >= 4 is 90.3 Å². The quantitative estimate of drug-likeness (QED) is 0.0960. The van der Waals surface area contributed by atoms with Gasteiger partial charge in [0.05, 0.1) is 22.1 Å². The Labute approximate surface area is 639 Å². The van der Waals surface area contributed by atoms with Crippen molar-refractivity contribution in [3.05, 3.63) is 397 Å². The fourth-order valence-electron chi connectivity index (χ4n) is 17.8. The molecule has 18 aromatic rings. The molecule has 0 N–H and O–H groups in total. The SMILES string of the molecule is CC1(C)c2ccccc2-c2ccc(N(c3ccc(-c4ccc(C=O)cc4)cc3)c3ccc(-c4ccc5c(c4)c4cc(-c6ccc7c(c6)c6cc(-c8ccc(N(c9ccc(-c%10ccc(C=O)cc%10)cc9)c9ccc%10c(c9)C(C)(C)c9ccccc9-%10)cc8)ccc6n7-c6ccccc6)ccc4n5-c4ccccc4)cc3)cc21. The van der Waals surface area contributed by atoms with Gasteiger partial charge in [0, 0.05) is 89.0 Å². The molecule has 0 spiro atoms. The molecular formula is C104H74N4O2. The van der Waals surface area contributed by atoms with Crippen LogP contribution >= 0.6 is 0 Å². The molecule has 110 heavy (non-hydrogen) atoms. The van der Waals surface area contributed by atoms with Crippen LogP contribution in [0.15, 0.2) is 364 Å². The lowest BCUT2D eigenvalue weighted by Crippen LogP contribution is -2.16. The predicted octanol–water partition coefficient (Wildman–Crippen LogP) is 27.4. The van der Waals surface area contributed by atoms with Crippen molar-refractivity contribution < 1.29 is 9.59 Å². The van der Waals surface area contributed by atoms with Gasteiger partial charge >= 0.3 is 0 Å². The first-order chi connectivity index (χ1) is 53.9. The van der Waals surface area contributed by atoms with E-state index in [0.717, 1.165) is 136 Å². The number of aldehydes is 2. The van der Waals surface area contributed by atoms with E-state index in [9.17, 15) is 9.59 Å². The lowest BCUT2D eigenvalue weighted by molar-refractivity contribution is 0.111. The average molecular weight is 1410 g/mol. The van der Waals surface area contributed by atoms with Gasteiger partial charge in [-0.05, 0) is 246 Å². The van der Waals surface area contributed by atoms with Crippen LogP contribution in [0.4, 0.5) is 34.1 Å². The Hall–Kier alpha value is -13.9. The lowest BCUT2D eigenvalue weighted by Gasteiger charge is -2.28. The third kappa shape index (κ3) is 10.8. The summed E-state index contributed by atoms with van der Waals surface area (Å²) in [4.78, 5) is 27.9. The maximum Gasteiger partial charge on any atom is 0.150 e. The Morgan fingerprint density at radius 2 is 0.473 bits per heavy atom. The summed E-state index contributed by atoms with van der Waals surface area (Å²) in [7, 11) is 0. The van der Waals surface area contributed by atoms with Gasteiger partial charge in [0.1, 0.15) is 12.6 Å². The molecule has 0 bridgehead atoms. The Bertz CT molecular complexity index is 6280. The number of benzene rings is 16. The predicted molar refractivity (Wildman–Crippen MR) is 458 cm³/mol. The normalized spacial score (nSPS) is 12.9. The fourth-order valence-corrected chi connectivity index (χ4v) is 17.8. The van der Waals surface area contributed by atoms with Crippen LogP contribution in [-0.4, -0.2) is 21.7 Å². The van der Waals surface area contributed by atoms with E-state index in [1.165, 1.54) is 66.1 Å². The highest BCUT2D eigenvalue weighted by Crippen LogP contribution is 2.53. The molecule has 0 saturated carbocycles. The molecule has 16 aromatic carbocycles. The minimum atomic E-state index is -0.173. The van der Waals surface area contributed by atoms with E-state index in [0.29, 0.717) is 11.1 Å². The molecule has 2 aromatic heterocycles. The number of para-hydroxylation sites is 2. The van der Waals surface area contributed by atoms with E-state index in [-0.39, 0.29) is 10.8 Å². The topological polar surface area (TPSA) is 50.5 Å². The second kappa shape index (κ2) is 25.9. The minimum absolute atomic E-state index is 0.173. The van der Waals surface area contributed by atoms with Crippen LogP contribution in [0.2, 0.25) is 0 Å². The molecular weight excluding hydrogens is 1340 g/mol. The van der Waals surface area contributed by atoms with Crippen LogP contribution in [-0.2, 0) is 10.8 Å². The zero-order valence-electron chi connectivity index (χ0n) is 61.4. The maximum atomic E-state index is 11.6. The maximum absolute atomic E-state index is 11.6. The van der Waals surface area contributed by atoms with Crippen molar-refractivity contribution in [1.82, 2.24) is 9.13 Å². The van der Waals surface area contributed by atoms with E-state index >= 15 is 0 Å².